The van der Waals surface area contributed by atoms with Gasteiger partial charge in [-0.05, 0) is 48.1 Å². The van der Waals surface area contributed by atoms with Crippen molar-refractivity contribution in [1.82, 2.24) is 20.3 Å². The standard InChI is InChI=1S/C25H24ClF3N4O3/c26-19-5-6-21(27)20(10-19)17-3-1-15(2-4-17)7-16(9-23(34)22-11-30-32-31-22)8-18(24(35)36)12-33-13-25(28,29)14-33/h1-6,10-11,16,18H,7-9,12-14H2,(H,35,36)(H,30,31,32)/t16-,18+/m1/s1. The Morgan fingerprint density at radius 2 is 1.89 bits per heavy atom. The minimum absolute atomic E-state index is 0.0111. The molecule has 0 amide bonds. The first-order chi connectivity index (χ1) is 17.1. The second-order valence-corrected chi connectivity index (χ2v) is 9.61. The van der Waals surface area contributed by atoms with Gasteiger partial charge in [0.2, 0.25) is 0 Å². The van der Waals surface area contributed by atoms with E-state index in [0.29, 0.717) is 22.6 Å². The van der Waals surface area contributed by atoms with Crippen LogP contribution in [0.1, 0.15) is 28.9 Å². The third kappa shape index (κ3) is 6.50. The Hall–Kier alpha value is -3.24. The summed E-state index contributed by atoms with van der Waals surface area (Å²) >= 11 is 5.99. The number of H-pyrrole nitrogens is 1. The first-order valence-electron chi connectivity index (χ1n) is 11.4. The van der Waals surface area contributed by atoms with Crippen molar-refractivity contribution in [1.29, 1.82) is 0 Å². The number of alkyl halides is 2. The number of hydrogen-bond acceptors (Lipinski definition) is 5. The van der Waals surface area contributed by atoms with Gasteiger partial charge in [-0.25, -0.2) is 13.2 Å². The number of hydrogen-bond donors (Lipinski definition) is 2. The molecule has 4 rings (SSSR count). The number of benzene rings is 2. The van der Waals surface area contributed by atoms with Crippen molar-refractivity contribution >= 4 is 23.4 Å². The molecule has 2 atom stereocenters. The molecule has 1 saturated heterocycles. The topological polar surface area (TPSA) is 99.2 Å². The molecule has 3 aromatic rings. The van der Waals surface area contributed by atoms with Crippen LogP contribution in [0.3, 0.4) is 0 Å². The van der Waals surface area contributed by atoms with Gasteiger partial charge in [-0.2, -0.15) is 15.4 Å². The SMILES string of the molecule is O=C(C[C@H](Cc1ccc(-c2cc(Cl)ccc2F)cc1)C[C@@H](CN1CC(F)(F)C1)C(=O)O)c1cn[nH]n1. The lowest BCUT2D eigenvalue weighted by molar-refractivity contribution is -0.153. The molecule has 1 fully saturated rings. The molecule has 1 aromatic heterocycles. The summed E-state index contributed by atoms with van der Waals surface area (Å²) in [6, 6.07) is 11.3. The maximum absolute atomic E-state index is 14.2. The van der Waals surface area contributed by atoms with Crippen LogP contribution in [0.15, 0.2) is 48.7 Å². The number of nitrogens with zero attached hydrogens (tertiary/aromatic N) is 3. The van der Waals surface area contributed by atoms with E-state index in [9.17, 15) is 27.9 Å². The minimum Gasteiger partial charge on any atom is -0.481 e. The van der Waals surface area contributed by atoms with E-state index in [1.54, 1.807) is 24.3 Å². The average molecular weight is 521 g/mol. The number of carbonyl (C=O) groups is 2. The molecule has 2 heterocycles. The van der Waals surface area contributed by atoms with Crippen molar-refractivity contribution in [3.8, 4) is 11.1 Å². The monoisotopic (exact) mass is 520 g/mol. The number of Topliss-reactive ketones (excluding diaryl/α,β-unsaturated/α-hetero) is 1. The van der Waals surface area contributed by atoms with Gasteiger partial charge in [0.1, 0.15) is 11.5 Å². The van der Waals surface area contributed by atoms with E-state index in [4.69, 9.17) is 11.6 Å². The molecule has 0 radical (unpaired) electrons. The molecule has 1 aliphatic rings. The zero-order valence-corrected chi connectivity index (χ0v) is 19.9. The highest BCUT2D eigenvalue weighted by Gasteiger charge is 2.45. The van der Waals surface area contributed by atoms with Gasteiger partial charge in [0, 0.05) is 23.6 Å². The number of halogens is 4. The van der Waals surface area contributed by atoms with Gasteiger partial charge in [-0.1, -0.05) is 35.9 Å². The molecule has 7 nitrogen and oxygen atoms in total. The maximum Gasteiger partial charge on any atom is 0.307 e. The van der Waals surface area contributed by atoms with Crippen LogP contribution in [0.4, 0.5) is 13.2 Å². The molecule has 0 aliphatic carbocycles. The largest absolute Gasteiger partial charge is 0.481 e. The van der Waals surface area contributed by atoms with Crippen LogP contribution in [0.5, 0.6) is 0 Å². The van der Waals surface area contributed by atoms with Crippen molar-refractivity contribution in [3.05, 3.63) is 70.8 Å². The van der Waals surface area contributed by atoms with E-state index in [0.717, 1.165) is 5.56 Å². The quantitative estimate of drug-likeness (QED) is 0.354. The van der Waals surface area contributed by atoms with Gasteiger partial charge in [0.05, 0.1) is 25.2 Å². The molecule has 2 aromatic carbocycles. The van der Waals surface area contributed by atoms with Gasteiger partial charge in [-0.3, -0.25) is 14.5 Å². The number of ketones is 1. The molecule has 0 saturated carbocycles. The van der Waals surface area contributed by atoms with Crippen LogP contribution >= 0.6 is 11.6 Å². The molecule has 0 unspecified atom stereocenters. The van der Waals surface area contributed by atoms with Crippen molar-refractivity contribution in [2.24, 2.45) is 11.8 Å². The van der Waals surface area contributed by atoms with E-state index in [2.05, 4.69) is 15.4 Å². The summed E-state index contributed by atoms with van der Waals surface area (Å²) in [5.74, 6) is -5.93. The fourth-order valence-corrected chi connectivity index (χ4v) is 4.69. The number of rotatable bonds is 11. The summed E-state index contributed by atoms with van der Waals surface area (Å²) in [6.07, 6.45) is 1.79. The molecule has 1 aliphatic heterocycles. The van der Waals surface area contributed by atoms with Crippen LogP contribution < -0.4 is 0 Å². The molecule has 190 valence electrons. The zero-order valence-electron chi connectivity index (χ0n) is 19.1. The van der Waals surface area contributed by atoms with Crippen LogP contribution in [-0.2, 0) is 11.2 Å². The molecule has 36 heavy (non-hydrogen) atoms. The Bertz CT molecular complexity index is 1210. The highest BCUT2D eigenvalue weighted by molar-refractivity contribution is 6.30. The first-order valence-corrected chi connectivity index (χ1v) is 11.7. The summed E-state index contributed by atoms with van der Waals surface area (Å²) in [5, 5.41) is 20.0. The molecular weight excluding hydrogens is 497 g/mol. The van der Waals surface area contributed by atoms with E-state index >= 15 is 0 Å². The van der Waals surface area contributed by atoms with Crippen LogP contribution in [0.2, 0.25) is 5.02 Å². The third-order valence-electron chi connectivity index (χ3n) is 6.25. The van der Waals surface area contributed by atoms with Crippen molar-refractivity contribution < 1.29 is 27.9 Å². The van der Waals surface area contributed by atoms with E-state index in [1.807, 2.05) is 0 Å². The lowest BCUT2D eigenvalue weighted by Crippen LogP contribution is -2.57. The normalized spacial score (nSPS) is 16.8. The highest BCUT2D eigenvalue weighted by atomic mass is 35.5. The average Bonchev–Trinajstić information content (AvgIpc) is 3.34. The maximum atomic E-state index is 14.2. The Balaban J connectivity index is 1.50. The van der Waals surface area contributed by atoms with E-state index < -0.39 is 42.6 Å². The Labute approximate surface area is 210 Å². The Morgan fingerprint density at radius 3 is 2.50 bits per heavy atom. The predicted molar refractivity (Wildman–Crippen MR) is 127 cm³/mol. The van der Waals surface area contributed by atoms with Crippen LogP contribution in [-0.4, -0.2) is 62.7 Å². The highest BCUT2D eigenvalue weighted by Crippen LogP contribution is 2.31. The van der Waals surface area contributed by atoms with Crippen LogP contribution in [0, 0.1) is 17.7 Å². The summed E-state index contributed by atoms with van der Waals surface area (Å²) in [4.78, 5) is 26.0. The number of carboxylic acids is 1. The lowest BCUT2D eigenvalue weighted by atomic mass is 9.84. The summed E-state index contributed by atoms with van der Waals surface area (Å²) < 4.78 is 40.7. The van der Waals surface area contributed by atoms with Crippen molar-refractivity contribution in [2.75, 3.05) is 19.6 Å². The van der Waals surface area contributed by atoms with Crippen molar-refractivity contribution in [3.63, 3.8) is 0 Å². The fraction of sp³-hybridized carbons (Fsp3) is 0.360. The molecule has 0 spiro atoms. The number of aromatic amines is 1. The molecular formula is C25H24ClF3N4O3. The van der Waals surface area contributed by atoms with Crippen LogP contribution in [0.25, 0.3) is 11.1 Å². The van der Waals surface area contributed by atoms with Gasteiger partial charge < -0.3 is 5.11 Å². The van der Waals surface area contributed by atoms with Gasteiger partial charge in [0.25, 0.3) is 5.92 Å². The van der Waals surface area contributed by atoms with Gasteiger partial charge in [0.15, 0.2) is 5.78 Å². The lowest BCUT2D eigenvalue weighted by Gasteiger charge is -2.40. The molecule has 11 heteroatoms. The fourth-order valence-electron chi connectivity index (χ4n) is 4.52. The Kier molecular flexibility index (Phi) is 7.75. The van der Waals surface area contributed by atoms with Crippen molar-refractivity contribution in [2.45, 2.75) is 25.2 Å². The smallest absolute Gasteiger partial charge is 0.307 e. The third-order valence-corrected chi connectivity index (χ3v) is 6.48. The number of aromatic nitrogens is 3. The number of aliphatic carboxylic acids is 1. The first kappa shape index (κ1) is 25.8. The summed E-state index contributed by atoms with van der Waals surface area (Å²) in [5.41, 5.74) is 1.93. The number of carboxylic acid groups (broad SMARTS) is 1. The predicted octanol–water partition coefficient (Wildman–Crippen LogP) is 4.74. The van der Waals surface area contributed by atoms with Gasteiger partial charge >= 0.3 is 5.97 Å². The minimum atomic E-state index is -2.80. The number of nitrogens with one attached hydrogen (secondary N) is 1. The van der Waals surface area contributed by atoms with E-state index in [1.165, 1.54) is 29.3 Å². The number of carbonyl (C=O) groups excluding carboxylic acids is 1. The van der Waals surface area contributed by atoms with Gasteiger partial charge in [-0.15, -0.1) is 0 Å². The second kappa shape index (κ2) is 10.8. The summed E-state index contributed by atoms with van der Waals surface area (Å²) in [7, 11) is 0. The second-order valence-electron chi connectivity index (χ2n) is 9.17. The number of likely N-dealkylation sites (tertiary alicyclic amines) is 1. The Morgan fingerprint density at radius 1 is 1.17 bits per heavy atom. The molecule has 0 bridgehead atoms. The van der Waals surface area contributed by atoms with E-state index in [-0.39, 0.29) is 30.9 Å². The zero-order chi connectivity index (χ0) is 25.9. The summed E-state index contributed by atoms with van der Waals surface area (Å²) in [6.45, 7) is -0.964. The molecule has 2 N–H and O–H groups in total.